The van der Waals surface area contributed by atoms with E-state index in [-0.39, 0.29) is 11.9 Å². The van der Waals surface area contributed by atoms with Crippen LogP contribution in [0.25, 0.3) is 5.69 Å². The van der Waals surface area contributed by atoms with E-state index in [9.17, 15) is 4.39 Å². The van der Waals surface area contributed by atoms with Gasteiger partial charge in [-0.3, -0.25) is 0 Å². The first-order valence-corrected chi connectivity index (χ1v) is 5.94. The molecule has 1 unspecified atom stereocenters. The van der Waals surface area contributed by atoms with Crippen LogP contribution < -0.4 is 5.73 Å². The minimum Gasteiger partial charge on any atom is -0.323 e. The molecule has 1 atom stereocenters. The normalized spacial score (nSPS) is 12.8. The number of nitrogens with two attached hydrogens (primary N) is 1. The largest absolute Gasteiger partial charge is 0.323 e. The van der Waals surface area contributed by atoms with Gasteiger partial charge in [0, 0.05) is 10.5 Å². The van der Waals surface area contributed by atoms with E-state index in [0.29, 0.717) is 15.9 Å². The van der Waals surface area contributed by atoms with Gasteiger partial charge in [0.05, 0.1) is 5.69 Å². The lowest BCUT2D eigenvalue weighted by Crippen LogP contribution is -2.08. The molecule has 1 aromatic carbocycles. The number of hydrogen-bond donors (Lipinski definition) is 1. The molecule has 6 heteroatoms. The quantitative estimate of drug-likeness (QED) is 0.927. The van der Waals surface area contributed by atoms with Crippen LogP contribution in [-0.2, 0) is 0 Å². The molecule has 90 valence electrons. The second kappa shape index (κ2) is 4.54. The molecule has 0 saturated heterocycles. The highest BCUT2D eigenvalue weighted by molar-refractivity contribution is 9.10. The van der Waals surface area contributed by atoms with Crippen molar-refractivity contribution in [2.45, 2.75) is 19.9 Å². The highest BCUT2D eigenvalue weighted by Crippen LogP contribution is 2.25. The van der Waals surface area contributed by atoms with E-state index in [1.54, 1.807) is 12.1 Å². The summed E-state index contributed by atoms with van der Waals surface area (Å²) < 4.78 is 15.9. The molecular weight excluding hydrogens is 287 g/mol. The predicted octanol–water partition coefficient (Wildman–Crippen LogP) is 2.50. The molecule has 0 radical (unpaired) electrons. The zero-order chi connectivity index (χ0) is 12.6. The molecule has 0 amide bonds. The molecule has 2 aromatic rings. The Morgan fingerprint density at radius 2 is 2.18 bits per heavy atom. The van der Waals surface area contributed by atoms with Gasteiger partial charge < -0.3 is 5.73 Å². The number of hydrogen-bond acceptors (Lipinski definition) is 3. The van der Waals surface area contributed by atoms with Crippen molar-refractivity contribution in [3.63, 3.8) is 0 Å². The van der Waals surface area contributed by atoms with Crippen molar-refractivity contribution in [1.82, 2.24) is 15.0 Å². The first-order chi connectivity index (χ1) is 8.02. The highest BCUT2D eigenvalue weighted by Gasteiger charge is 2.17. The van der Waals surface area contributed by atoms with Gasteiger partial charge >= 0.3 is 0 Å². The van der Waals surface area contributed by atoms with Crippen LogP contribution in [-0.4, -0.2) is 15.0 Å². The summed E-state index contributed by atoms with van der Waals surface area (Å²) in [5.41, 5.74) is 7.52. The molecular formula is C11H12BrFN4. The highest BCUT2D eigenvalue weighted by atomic mass is 79.9. The summed E-state index contributed by atoms with van der Waals surface area (Å²) in [5.74, 6) is -0.358. The van der Waals surface area contributed by atoms with Gasteiger partial charge in [0.25, 0.3) is 0 Å². The van der Waals surface area contributed by atoms with Crippen LogP contribution in [0.2, 0.25) is 0 Å². The Hall–Kier alpha value is -1.27. The lowest BCUT2D eigenvalue weighted by Gasteiger charge is -2.08. The van der Waals surface area contributed by atoms with Crippen molar-refractivity contribution in [3.05, 3.63) is 39.9 Å². The number of benzene rings is 1. The summed E-state index contributed by atoms with van der Waals surface area (Å²) in [5, 5.41) is 7.92. The number of aromatic nitrogens is 3. The summed E-state index contributed by atoms with van der Waals surface area (Å²) in [4.78, 5) is 0. The van der Waals surface area contributed by atoms with Crippen molar-refractivity contribution < 1.29 is 4.39 Å². The van der Waals surface area contributed by atoms with E-state index in [1.165, 1.54) is 10.7 Å². The van der Waals surface area contributed by atoms with Crippen LogP contribution in [0.3, 0.4) is 0 Å². The summed E-state index contributed by atoms with van der Waals surface area (Å²) in [6.07, 6.45) is 0. The molecule has 0 saturated carbocycles. The molecule has 0 bridgehead atoms. The molecule has 0 aliphatic rings. The Morgan fingerprint density at radius 1 is 1.47 bits per heavy atom. The molecule has 1 heterocycles. The summed E-state index contributed by atoms with van der Waals surface area (Å²) in [6.45, 7) is 3.63. The minimum absolute atomic E-state index is 0.228. The van der Waals surface area contributed by atoms with E-state index in [1.807, 2.05) is 13.8 Å². The number of halogens is 2. The second-order valence-corrected chi connectivity index (χ2v) is 4.69. The van der Waals surface area contributed by atoms with E-state index < -0.39 is 0 Å². The topological polar surface area (TPSA) is 56.7 Å². The van der Waals surface area contributed by atoms with Crippen LogP contribution in [0, 0.1) is 12.7 Å². The second-order valence-electron chi connectivity index (χ2n) is 3.83. The maximum atomic E-state index is 13.8. The Kier molecular flexibility index (Phi) is 3.26. The van der Waals surface area contributed by atoms with Gasteiger partial charge in [-0.05, 0) is 41.9 Å². The molecule has 2 N–H and O–H groups in total. The predicted molar refractivity (Wildman–Crippen MR) is 66.4 cm³/mol. The maximum Gasteiger partial charge on any atom is 0.150 e. The molecule has 0 aliphatic carbocycles. The minimum atomic E-state index is -0.358. The molecule has 0 aliphatic heterocycles. The fraction of sp³-hybridized carbons (Fsp3) is 0.273. The van der Waals surface area contributed by atoms with Gasteiger partial charge in [-0.1, -0.05) is 11.3 Å². The van der Waals surface area contributed by atoms with Crippen LogP contribution in [0.1, 0.15) is 24.4 Å². The van der Waals surface area contributed by atoms with Gasteiger partial charge in [0.15, 0.2) is 0 Å². The zero-order valence-corrected chi connectivity index (χ0v) is 11.1. The Morgan fingerprint density at radius 3 is 2.71 bits per heavy atom. The van der Waals surface area contributed by atoms with Crippen molar-refractivity contribution in [2.75, 3.05) is 0 Å². The summed E-state index contributed by atoms with van der Waals surface area (Å²) >= 11 is 3.30. The smallest absolute Gasteiger partial charge is 0.150 e. The lowest BCUT2D eigenvalue weighted by molar-refractivity contribution is 0.603. The van der Waals surface area contributed by atoms with E-state index in [4.69, 9.17) is 5.73 Å². The number of nitrogens with zero attached hydrogens (tertiary/aromatic N) is 3. The van der Waals surface area contributed by atoms with Crippen LogP contribution in [0.15, 0.2) is 22.7 Å². The third-order valence-electron chi connectivity index (χ3n) is 2.51. The van der Waals surface area contributed by atoms with Gasteiger partial charge in [-0.25, -0.2) is 9.07 Å². The Bertz CT molecular complexity index is 530. The molecule has 0 fully saturated rings. The van der Waals surface area contributed by atoms with Gasteiger partial charge in [0.2, 0.25) is 0 Å². The van der Waals surface area contributed by atoms with Crippen molar-refractivity contribution in [1.29, 1.82) is 0 Å². The van der Waals surface area contributed by atoms with E-state index in [0.717, 1.165) is 5.69 Å². The third-order valence-corrected chi connectivity index (χ3v) is 3.15. The summed E-state index contributed by atoms with van der Waals surface area (Å²) in [6, 6.07) is 4.54. The van der Waals surface area contributed by atoms with Gasteiger partial charge in [-0.2, -0.15) is 0 Å². The van der Waals surface area contributed by atoms with Crippen LogP contribution in [0.4, 0.5) is 4.39 Å². The van der Waals surface area contributed by atoms with Gasteiger partial charge in [-0.15, -0.1) is 5.10 Å². The van der Waals surface area contributed by atoms with Crippen molar-refractivity contribution in [2.24, 2.45) is 5.73 Å². The monoisotopic (exact) mass is 298 g/mol. The SMILES string of the molecule is Cc1c(C(C)N)nnn1-c1c(F)cccc1Br. The van der Waals surface area contributed by atoms with Crippen LogP contribution in [0.5, 0.6) is 0 Å². The molecule has 1 aromatic heterocycles. The standard InChI is InChI=1S/C11H12BrFN4/c1-6(14)10-7(2)17(16-15-10)11-8(12)4-3-5-9(11)13/h3-6H,14H2,1-2H3. The van der Waals surface area contributed by atoms with Crippen molar-refractivity contribution in [3.8, 4) is 5.69 Å². The number of para-hydroxylation sites is 1. The Labute approximate surface area is 107 Å². The first-order valence-electron chi connectivity index (χ1n) is 5.14. The maximum absolute atomic E-state index is 13.8. The van der Waals surface area contributed by atoms with E-state index >= 15 is 0 Å². The lowest BCUT2D eigenvalue weighted by atomic mass is 10.2. The van der Waals surface area contributed by atoms with Gasteiger partial charge in [0.1, 0.15) is 17.2 Å². The summed E-state index contributed by atoms with van der Waals surface area (Å²) in [7, 11) is 0. The number of rotatable bonds is 2. The molecule has 0 spiro atoms. The first kappa shape index (κ1) is 12.2. The fourth-order valence-corrected chi connectivity index (χ4v) is 2.18. The zero-order valence-electron chi connectivity index (χ0n) is 9.48. The fourth-order valence-electron chi connectivity index (χ4n) is 1.67. The Balaban J connectivity index is 2.62. The van der Waals surface area contributed by atoms with E-state index in [2.05, 4.69) is 26.2 Å². The third kappa shape index (κ3) is 2.10. The molecule has 2 rings (SSSR count). The van der Waals surface area contributed by atoms with Crippen LogP contribution >= 0.6 is 15.9 Å². The van der Waals surface area contributed by atoms with Crippen molar-refractivity contribution >= 4 is 15.9 Å². The molecule has 17 heavy (non-hydrogen) atoms. The molecule has 4 nitrogen and oxygen atoms in total. The average molecular weight is 299 g/mol. The average Bonchev–Trinajstić information content (AvgIpc) is 2.61.